The first-order valence-electron chi connectivity index (χ1n) is 6.42. The summed E-state index contributed by atoms with van der Waals surface area (Å²) in [7, 11) is 1.91. The maximum absolute atomic E-state index is 13.7. The number of benzene rings is 1. The minimum atomic E-state index is -0.770. The van der Waals surface area contributed by atoms with Gasteiger partial charge < -0.3 is 5.11 Å². The summed E-state index contributed by atoms with van der Waals surface area (Å²) in [6, 6.07) is 6.73. The van der Waals surface area contributed by atoms with Crippen LogP contribution in [0.1, 0.15) is 39.3 Å². The van der Waals surface area contributed by atoms with Crippen molar-refractivity contribution < 1.29 is 9.50 Å². The summed E-state index contributed by atoms with van der Waals surface area (Å²) in [6.07, 6.45) is 0. The monoisotopic (exact) mass is 253 g/mol. The molecule has 0 aliphatic rings. The molecule has 2 atom stereocenters. The van der Waals surface area contributed by atoms with Gasteiger partial charge in [0.15, 0.2) is 0 Å². The summed E-state index contributed by atoms with van der Waals surface area (Å²) in [5, 5.41) is 10.3. The summed E-state index contributed by atoms with van der Waals surface area (Å²) >= 11 is 0. The Labute approximate surface area is 109 Å². The van der Waals surface area contributed by atoms with Crippen LogP contribution < -0.4 is 0 Å². The molecule has 1 aromatic carbocycles. The van der Waals surface area contributed by atoms with Crippen molar-refractivity contribution in [3.63, 3.8) is 0 Å². The lowest BCUT2D eigenvalue weighted by atomic mass is 9.91. The molecule has 0 saturated carbocycles. The molecule has 0 aliphatic heterocycles. The Bertz CT molecular complexity index is 390. The second-order valence-electron chi connectivity index (χ2n) is 5.62. The molecule has 0 aromatic heterocycles. The Morgan fingerprint density at radius 1 is 1.28 bits per heavy atom. The molecule has 18 heavy (non-hydrogen) atoms. The molecule has 0 aliphatic carbocycles. The highest BCUT2D eigenvalue weighted by Crippen LogP contribution is 2.25. The standard InChI is InChI=1S/C15H24FNO/c1-11(2)15(4,18)10-17(5)12(3)13-8-6-7-9-14(13)16/h6-9,11-12,18H,10H2,1-5H3. The largest absolute Gasteiger partial charge is 0.389 e. The lowest BCUT2D eigenvalue weighted by Crippen LogP contribution is -2.43. The van der Waals surface area contributed by atoms with Crippen molar-refractivity contribution in [1.82, 2.24) is 4.90 Å². The first kappa shape index (κ1) is 15.1. The van der Waals surface area contributed by atoms with Crippen LogP contribution in [0.5, 0.6) is 0 Å². The lowest BCUT2D eigenvalue weighted by molar-refractivity contribution is -0.0210. The van der Waals surface area contributed by atoms with Gasteiger partial charge in [0.05, 0.1) is 5.60 Å². The van der Waals surface area contributed by atoms with Crippen molar-refractivity contribution in [2.24, 2.45) is 5.92 Å². The molecule has 0 saturated heterocycles. The quantitative estimate of drug-likeness (QED) is 0.871. The third-order valence-electron chi connectivity index (χ3n) is 3.83. The molecule has 1 rings (SSSR count). The third kappa shape index (κ3) is 3.53. The number of nitrogens with zero attached hydrogens (tertiary/aromatic N) is 1. The fraction of sp³-hybridized carbons (Fsp3) is 0.600. The van der Waals surface area contributed by atoms with Crippen LogP contribution in [0.25, 0.3) is 0 Å². The van der Waals surface area contributed by atoms with Gasteiger partial charge in [-0.2, -0.15) is 0 Å². The van der Waals surface area contributed by atoms with Gasteiger partial charge >= 0.3 is 0 Å². The molecule has 0 spiro atoms. The Hall–Kier alpha value is -0.930. The van der Waals surface area contributed by atoms with E-state index >= 15 is 0 Å². The van der Waals surface area contributed by atoms with Gasteiger partial charge in [-0.05, 0) is 32.9 Å². The summed E-state index contributed by atoms with van der Waals surface area (Å²) in [4.78, 5) is 1.98. The normalized spacial score (nSPS) is 16.9. The first-order chi connectivity index (χ1) is 8.25. The van der Waals surface area contributed by atoms with E-state index in [1.54, 1.807) is 12.1 Å². The molecule has 0 heterocycles. The lowest BCUT2D eigenvalue weighted by Gasteiger charge is -2.35. The average Bonchev–Trinajstić information content (AvgIpc) is 2.28. The van der Waals surface area contributed by atoms with Crippen LogP contribution in [0.15, 0.2) is 24.3 Å². The van der Waals surface area contributed by atoms with Gasteiger partial charge in [0, 0.05) is 18.2 Å². The van der Waals surface area contributed by atoms with Crippen LogP contribution in [0.4, 0.5) is 4.39 Å². The van der Waals surface area contributed by atoms with E-state index in [0.29, 0.717) is 12.1 Å². The third-order valence-corrected chi connectivity index (χ3v) is 3.83. The fourth-order valence-corrected chi connectivity index (χ4v) is 1.88. The van der Waals surface area contributed by atoms with Crippen LogP contribution in [0.3, 0.4) is 0 Å². The molecule has 0 fully saturated rings. The van der Waals surface area contributed by atoms with E-state index in [0.717, 1.165) is 0 Å². The minimum absolute atomic E-state index is 0.0589. The van der Waals surface area contributed by atoms with E-state index in [1.165, 1.54) is 6.07 Å². The molecule has 1 N–H and O–H groups in total. The van der Waals surface area contributed by atoms with E-state index in [2.05, 4.69) is 0 Å². The summed E-state index contributed by atoms with van der Waals surface area (Å²) in [5.74, 6) is -0.0335. The molecule has 1 aromatic rings. The van der Waals surface area contributed by atoms with E-state index in [9.17, 15) is 9.50 Å². The molecular weight excluding hydrogens is 229 g/mol. The van der Waals surface area contributed by atoms with Gasteiger partial charge in [-0.3, -0.25) is 4.90 Å². The van der Waals surface area contributed by atoms with Crippen LogP contribution >= 0.6 is 0 Å². The summed E-state index contributed by atoms with van der Waals surface area (Å²) < 4.78 is 13.7. The van der Waals surface area contributed by atoms with E-state index in [4.69, 9.17) is 0 Å². The Kier molecular flexibility index (Phi) is 4.88. The maximum atomic E-state index is 13.7. The van der Waals surface area contributed by atoms with Crippen molar-refractivity contribution >= 4 is 0 Å². The molecule has 2 nitrogen and oxygen atoms in total. The predicted octanol–water partition coefficient (Wildman–Crippen LogP) is 3.23. The van der Waals surface area contributed by atoms with Gasteiger partial charge in [0.25, 0.3) is 0 Å². The van der Waals surface area contributed by atoms with E-state index in [1.807, 2.05) is 45.7 Å². The van der Waals surface area contributed by atoms with E-state index in [-0.39, 0.29) is 17.8 Å². The molecule has 102 valence electrons. The summed E-state index contributed by atoms with van der Waals surface area (Å²) in [5.41, 5.74) is -0.103. The topological polar surface area (TPSA) is 23.5 Å². The van der Waals surface area contributed by atoms with Gasteiger partial charge in [0.2, 0.25) is 0 Å². The van der Waals surface area contributed by atoms with Crippen molar-refractivity contribution in [2.75, 3.05) is 13.6 Å². The highest BCUT2D eigenvalue weighted by molar-refractivity contribution is 5.20. The second-order valence-corrected chi connectivity index (χ2v) is 5.62. The Morgan fingerprint density at radius 3 is 2.33 bits per heavy atom. The molecular formula is C15H24FNO. The number of halogens is 1. The fourth-order valence-electron chi connectivity index (χ4n) is 1.88. The Morgan fingerprint density at radius 2 is 1.83 bits per heavy atom. The van der Waals surface area contributed by atoms with Gasteiger partial charge in [-0.25, -0.2) is 4.39 Å². The van der Waals surface area contributed by atoms with Crippen molar-refractivity contribution in [1.29, 1.82) is 0 Å². The SMILES string of the molecule is CC(c1ccccc1F)N(C)CC(C)(O)C(C)C. The van der Waals surface area contributed by atoms with E-state index < -0.39 is 5.60 Å². The average molecular weight is 253 g/mol. The van der Waals surface area contributed by atoms with Gasteiger partial charge in [-0.1, -0.05) is 32.0 Å². The number of aliphatic hydroxyl groups is 1. The molecule has 0 bridgehead atoms. The second kappa shape index (κ2) is 5.81. The molecule has 0 amide bonds. The van der Waals surface area contributed by atoms with Crippen LogP contribution in [0, 0.1) is 11.7 Å². The zero-order chi connectivity index (χ0) is 13.9. The maximum Gasteiger partial charge on any atom is 0.127 e. The highest BCUT2D eigenvalue weighted by atomic mass is 19.1. The highest BCUT2D eigenvalue weighted by Gasteiger charge is 2.28. The van der Waals surface area contributed by atoms with Crippen molar-refractivity contribution in [2.45, 2.75) is 39.3 Å². The van der Waals surface area contributed by atoms with Crippen LogP contribution in [-0.2, 0) is 0 Å². The number of rotatable bonds is 5. The number of hydrogen-bond acceptors (Lipinski definition) is 2. The molecule has 0 radical (unpaired) electrons. The number of likely N-dealkylation sites (N-methyl/N-ethyl adjacent to an activating group) is 1. The van der Waals surface area contributed by atoms with Crippen LogP contribution in [-0.4, -0.2) is 29.2 Å². The Balaban J connectivity index is 2.79. The van der Waals surface area contributed by atoms with Crippen molar-refractivity contribution in [3.8, 4) is 0 Å². The van der Waals surface area contributed by atoms with Gasteiger partial charge in [0.1, 0.15) is 5.82 Å². The molecule has 2 unspecified atom stereocenters. The van der Waals surface area contributed by atoms with Crippen molar-refractivity contribution in [3.05, 3.63) is 35.6 Å². The predicted molar refractivity (Wildman–Crippen MR) is 72.9 cm³/mol. The number of hydrogen-bond donors (Lipinski definition) is 1. The smallest absolute Gasteiger partial charge is 0.127 e. The zero-order valence-electron chi connectivity index (χ0n) is 11.9. The minimum Gasteiger partial charge on any atom is -0.389 e. The molecule has 3 heteroatoms. The summed E-state index contributed by atoms with van der Waals surface area (Å²) in [6.45, 7) is 8.26. The first-order valence-corrected chi connectivity index (χ1v) is 6.42. The van der Waals surface area contributed by atoms with Crippen LogP contribution in [0.2, 0.25) is 0 Å². The zero-order valence-corrected chi connectivity index (χ0v) is 11.9. The van der Waals surface area contributed by atoms with Gasteiger partial charge in [-0.15, -0.1) is 0 Å².